The number of allylic oxidation sites excluding steroid dienone is 4. The molecule has 0 atom stereocenters. The zero-order valence-corrected chi connectivity index (χ0v) is 7.20. The number of hydrogen-bond acceptors (Lipinski definition) is 4. The van der Waals surface area contributed by atoms with Gasteiger partial charge >= 0.3 is 6.34 Å². The molecule has 2 aliphatic rings. The molecule has 5 nitrogen and oxygen atoms in total. The third-order valence-corrected chi connectivity index (χ3v) is 1.79. The molecule has 70 valence electrons. The molecule has 0 aliphatic carbocycles. The molecule has 2 heterocycles. The molecule has 0 N–H and O–H groups in total. The maximum atomic E-state index is 10.7. The van der Waals surface area contributed by atoms with Crippen molar-refractivity contribution < 1.29 is 4.76 Å². The number of hydrogen-bond donors (Lipinski definition) is 0. The van der Waals surface area contributed by atoms with E-state index in [1.807, 2.05) is 0 Å². The number of rotatable bonds is 0. The van der Waals surface area contributed by atoms with Crippen LogP contribution in [-0.4, -0.2) is 16.2 Å². The Morgan fingerprint density at radius 3 is 2.57 bits per heavy atom. The monoisotopic (exact) mass is 189 g/mol. The topological polar surface area (TPSA) is 58.7 Å². The van der Waals surface area contributed by atoms with Gasteiger partial charge in [-0.25, -0.2) is 0 Å². The minimum atomic E-state index is 0.611. The second-order valence-corrected chi connectivity index (χ2v) is 2.75. The first-order chi connectivity index (χ1) is 6.75. The Balaban J connectivity index is 2.30. The molecule has 0 radical (unpaired) electrons. The molecule has 0 unspecified atom stereocenters. The van der Waals surface area contributed by atoms with Crippen molar-refractivity contribution in [2.24, 2.45) is 4.99 Å². The van der Waals surface area contributed by atoms with Gasteiger partial charge in [0.05, 0.1) is 0 Å². The van der Waals surface area contributed by atoms with Crippen molar-refractivity contribution in [3.8, 4) is 0 Å². The summed E-state index contributed by atoms with van der Waals surface area (Å²) in [5.41, 5.74) is 1.47. The zero-order valence-electron chi connectivity index (χ0n) is 7.20. The summed E-state index contributed by atoms with van der Waals surface area (Å²) in [6, 6.07) is 0. The normalized spacial score (nSPS) is 19.8. The Morgan fingerprint density at radius 1 is 1.29 bits per heavy atom. The summed E-state index contributed by atoms with van der Waals surface area (Å²) in [4.78, 5) is 14.6. The van der Waals surface area contributed by atoms with Crippen LogP contribution in [0, 0.1) is 10.1 Å². The van der Waals surface area contributed by atoms with Gasteiger partial charge in [-0.05, 0) is 29.5 Å². The highest BCUT2D eigenvalue weighted by atomic mass is 16.5. The molecule has 0 aromatic heterocycles. The molecule has 0 spiro atoms. The van der Waals surface area contributed by atoms with E-state index in [4.69, 9.17) is 0 Å². The molecule has 5 heteroatoms. The van der Waals surface area contributed by atoms with Crippen LogP contribution >= 0.6 is 0 Å². The van der Waals surface area contributed by atoms with Crippen molar-refractivity contribution in [3.63, 3.8) is 0 Å². The summed E-state index contributed by atoms with van der Waals surface area (Å²) >= 11 is 0. The van der Waals surface area contributed by atoms with Gasteiger partial charge < -0.3 is 10.3 Å². The second kappa shape index (κ2) is 3.39. The summed E-state index contributed by atoms with van der Waals surface area (Å²) < 4.78 is 0.611. The lowest BCUT2D eigenvalue weighted by atomic mass is 10.1. The van der Waals surface area contributed by atoms with Crippen LogP contribution in [0.2, 0.25) is 0 Å². The third-order valence-electron chi connectivity index (χ3n) is 1.79. The van der Waals surface area contributed by atoms with E-state index in [1.165, 1.54) is 24.9 Å². The lowest BCUT2D eigenvalue weighted by Crippen LogP contribution is -2.04. The Hall–Kier alpha value is -2.01. The van der Waals surface area contributed by atoms with Gasteiger partial charge in [0.2, 0.25) is 0 Å². The lowest BCUT2D eigenvalue weighted by molar-refractivity contribution is -0.339. The summed E-state index contributed by atoms with van der Waals surface area (Å²) in [5.74, 6) is 0. The molecule has 0 aromatic carbocycles. The van der Waals surface area contributed by atoms with Crippen molar-refractivity contribution in [2.45, 2.75) is 0 Å². The molecule has 2 rings (SSSR count). The van der Waals surface area contributed by atoms with Crippen LogP contribution in [0.15, 0.2) is 53.1 Å². The van der Waals surface area contributed by atoms with Crippen LogP contribution in [-0.2, 0) is 0 Å². The Labute approximate surface area is 80.2 Å². The summed E-state index contributed by atoms with van der Waals surface area (Å²) in [6.07, 6.45) is 10.2. The van der Waals surface area contributed by atoms with Gasteiger partial charge in [-0.3, -0.25) is 0 Å². The smallest absolute Gasteiger partial charge is 0.330 e. The van der Waals surface area contributed by atoms with E-state index >= 15 is 0 Å². The van der Waals surface area contributed by atoms with Crippen molar-refractivity contribution in [1.29, 1.82) is 0 Å². The highest BCUT2D eigenvalue weighted by Gasteiger charge is 2.11. The Bertz CT molecular complexity index is 382. The zero-order chi connectivity index (χ0) is 9.97. The van der Waals surface area contributed by atoms with E-state index in [1.54, 1.807) is 18.2 Å². The second-order valence-electron chi connectivity index (χ2n) is 2.75. The van der Waals surface area contributed by atoms with E-state index in [-0.39, 0.29) is 0 Å². The van der Waals surface area contributed by atoms with Crippen molar-refractivity contribution >= 4 is 6.34 Å². The van der Waals surface area contributed by atoms with Crippen molar-refractivity contribution in [1.82, 2.24) is 5.06 Å². The number of nitroso groups, excluding NO2 is 1. The van der Waals surface area contributed by atoms with Gasteiger partial charge in [-0.1, -0.05) is 4.91 Å². The van der Waals surface area contributed by atoms with Crippen LogP contribution in [0.3, 0.4) is 0 Å². The largest absolute Gasteiger partial charge is 0.755 e. The molecule has 0 amide bonds. The minimum absolute atomic E-state index is 0.611. The standard InChI is InChI=1S/C9H7N3O2/c13-11-4-1-8(2-5-11)9-3-6-12(14)7-10-9/h1-7H. The average molecular weight is 189 g/mol. The molecule has 0 saturated carbocycles. The molecule has 0 fully saturated rings. The van der Waals surface area contributed by atoms with E-state index in [2.05, 4.69) is 4.99 Å². The molecule has 2 aliphatic heterocycles. The quantitative estimate of drug-likeness (QED) is 0.541. The van der Waals surface area contributed by atoms with Gasteiger partial charge in [0, 0.05) is 16.4 Å². The van der Waals surface area contributed by atoms with Crippen LogP contribution in [0.1, 0.15) is 0 Å². The molecule has 0 saturated heterocycles. The summed E-state index contributed by atoms with van der Waals surface area (Å²) in [7, 11) is 0. The highest BCUT2D eigenvalue weighted by molar-refractivity contribution is 5.54. The molecular weight excluding hydrogens is 182 g/mol. The SMILES string of the molecule is O=[N+]1C=CC(=C2C=CN([O-])C=C2)N=C1. The summed E-state index contributed by atoms with van der Waals surface area (Å²) in [5, 5.41) is 11.4. The summed E-state index contributed by atoms with van der Waals surface area (Å²) in [6.45, 7) is 0. The first-order valence-electron chi connectivity index (χ1n) is 4.00. The Kier molecular flexibility index (Phi) is 2.08. The minimum Gasteiger partial charge on any atom is -0.755 e. The Morgan fingerprint density at radius 2 is 2.00 bits per heavy atom. The van der Waals surface area contributed by atoms with Crippen molar-refractivity contribution in [3.05, 3.63) is 58.2 Å². The fourth-order valence-corrected chi connectivity index (χ4v) is 1.10. The van der Waals surface area contributed by atoms with Crippen LogP contribution < -0.4 is 0 Å². The first kappa shape index (κ1) is 8.58. The van der Waals surface area contributed by atoms with Gasteiger partial charge in [0.25, 0.3) is 0 Å². The number of nitrogens with zero attached hydrogens (tertiary/aromatic N) is 3. The number of hydroxylamine groups is 2. The van der Waals surface area contributed by atoms with Gasteiger partial charge in [0.1, 0.15) is 6.20 Å². The van der Waals surface area contributed by atoms with Crippen LogP contribution in [0.5, 0.6) is 0 Å². The van der Waals surface area contributed by atoms with E-state index in [0.29, 0.717) is 15.5 Å². The fourth-order valence-electron chi connectivity index (χ4n) is 1.10. The molecule has 14 heavy (non-hydrogen) atoms. The molecular formula is C9H7N3O2. The van der Waals surface area contributed by atoms with Crippen molar-refractivity contribution in [2.75, 3.05) is 0 Å². The lowest BCUT2D eigenvalue weighted by Gasteiger charge is -2.23. The maximum absolute atomic E-state index is 10.7. The molecule has 0 bridgehead atoms. The van der Waals surface area contributed by atoms with E-state index in [0.717, 1.165) is 5.57 Å². The van der Waals surface area contributed by atoms with Gasteiger partial charge in [0.15, 0.2) is 5.70 Å². The van der Waals surface area contributed by atoms with E-state index < -0.39 is 0 Å². The van der Waals surface area contributed by atoms with Gasteiger partial charge in [-0.2, -0.15) is 0 Å². The number of aliphatic imine (C=N–C) groups is 1. The van der Waals surface area contributed by atoms with Gasteiger partial charge in [-0.15, -0.1) is 0 Å². The van der Waals surface area contributed by atoms with Crippen LogP contribution in [0.4, 0.5) is 0 Å². The predicted molar refractivity (Wildman–Crippen MR) is 51.8 cm³/mol. The molecule has 0 aromatic rings. The maximum Gasteiger partial charge on any atom is 0.330 e. The fraction of sp³-hybridized carbons (Fsp3) is 0. The van der Waals surface area contributed by atoms with Crippen LogP contribution in [0.25, 0.3) is 0 Å². The third kappa shape index (κ3) is 1.67. The predicted octanol–water partition coefficient (Wildman–Crippen LogP) is 1.42. The first-order valence-corrected chi connectivity index (χ1v) is 4.00. The van der Waals surface area contributed by atoms with E-state index in [9.17, 15) is 10.1 Å². The average Bonchev–Trinajstić information content (AvgIpc) is 2.21. The highest BCUT2D eigenvalue weighted by Crippen LogP contribution is 2.16.